The summed E-state index contributed by atoms with van der Waals surface area (Å²) in [4.78, 5) is 4.79. The summed E-state index contributed by atoms with van der Waals surface area (Å²) >= 11 is 0. The van der Waals surface area contributed by atoms with Crippen molar-refractivity contribution in [2.24, 2.45) is 0 Å². The average Bonchev–Trinajstić information content (AvgIpc) is 1.62. The molecule has 1 aliphatic carbocycles. The summed E-state index contributed by atoms with van der Waals surface area (Å²) in [6, 6.07) is 142. The van der Waals surface area contributed by atoms with Gasteiger partial charge in [0.1, 0.15) is 0 Å². The molecule has 0 amide bonds. The molecule has 0 unspecified atom stereocenters. The molecule has 0 saturated carbocycles. The Bertz CT molecular complexity index is 5490. The topological polar surface area (TPSA) is 6.48 Å². The van der Waals surface area contributed by atoms with Crippen LogP contribution in [0, 0.1) is 0 Å². The smallest absolute Gasteiger partial charge is 0.0468 e. The third-order valence-electron chi connectivity index (χ3n) is 20.1. The Morgan fingerprint density at radius 1 is 0.162 bits per heavy atom. The Hall–Kier alpha value is -12.6. The normalized spacial score (nSPS) is 12.0. The van der Waals surface area contributed by atoms with Crippen LogP contribution in [0.25, 0.3) is 122 Å². The highest BCUT2D eigenvalue weighted by molar-refractivity contribution is 6.07. The van der Waals surface area contributed by atoms with Gasteiger partial charge in [-0.15, -0.1) is 0 Å². The van der Waals surface area contributed by atoms with Crippen molar-refractivity contribution in [1.29, 1.82) is 0 Å². The van der Waals surface area contributed by atoms with Gasteiger partial charge in [0.05, 0.1) is 0 Å². The number of benzene rings is 16. The average molecular weight is 1260 g/mol. The van der Waals surface area contributed by atoms with Crippen LogP contribution >= 0.6 is 0 Å². The molecule has 0 aliphatic heterocycles. The van der Waals surface area contributed by atoms with Gasteiger partial charge in [0.2, 0.25) is 0 Å². The molecule has 0 aromatic heterocycles. The van der Waals surface area contributed by atoms with Crippen LogP contribution in [0.1, 0.15) is 25.0 Å². The molecule has 17 rings (SSSR count). The molecule has 0 radical (unpaired) electrons. The molecule has 0 atom stereocenters. The first-order valence-corrected chi connectivity index (χ1v) is 34.3. The van der Waals surface area contributed by atoms with Crippen molar-refractivity contribution in [1.82, 2.24) is 0 Å². The molecule has 0 heterocycles. The zero-order chi connectivity index (χ0) is 66.2. The quantitative estimate of drug-likeness (QED) is 0.101. The minimum absolute atomic E-state index is 0.115. The van der Waals surface area contributed by atoms with Gasteiger partial charge >= 0.3 is 0 Å². The standard InChI is InChI=1S/C97H70N2/c1-97(2)95-40-19-18-35-91(95)92-60-49-78(64-96(92)97)86-61-58-83(65-93(86)74-29-14-6-15-30-74)98(79-50-41-70(42-51-79)67-23-8-3-9-24-67)82-56-47-73(48-57-82)76-33-20-34-77(63-76)85-36-21-38-88-87(85)37-22-39-89(88)90-62-59-84(66-94(90)75-31-16-7-17-32-75)99(80-52-43-71(44-53-80)68-25-10-4-11-26-68)81-54-45-72(46-55-81)69-27-12-5-13-28-69/h3-66H,1-2H3. The fourth-order valence-corrected chi connectivity index (χ4v) is 15.1. The van der Waals surface area contributed by atoms with E-state index in [1.54, 1.807) is 0 Å². The molecule has 2 nitrogen and oxygen atoms in total. The van der Waals surface area contributed by atoms with Crippen LogP contribution < -0.4 is 9.80 Å². The Balaban J connectivity index is 0.725. The fourth-order valence-electron chi connectivity index (χ4n) is 15.1. The zero-order valence-electron chi connectivity index (χ0n) is 55.3. The molecule has 0 bridgehead atoms. The summed E-state index contributed by atoms with van der Waals surface area (Å²) in [7, 11) is 0. The molecule has 16 aromatic rings. The van der Waals surface area contributed by atoms with Gasteiger partial charge in [-0.2, -0.15) is 0 Å². The highest BCUT2D eigenvalue weighted by Crippen LogP contribution is 2.52. The second-order valence-corrected chi connectivity index (χ2v) is 26.4. The van der Waals surface area contributed by atoms with Gasteiger partial charge in [-0.05, 0) is 218 Å². The van der Waals surface area contributed by atoms with Crippen LogP contribution in [0.5, 0.6) is 0 Å². The lowest BCUT2D eigenvalue weighted by Gasteiger charge is -2.27. The van der Waals surface area contributed by atoms with Gasteiger partial charge < -0.3 is 9.80 Å². The maximum absolute atomic E-state index is 2.44. The number of fused-ring (bicyclic) bond motifs is 4. The van der Waals surface area contributed by atoms with Gasteiger partial charge in [-0.3, -0.25) is 0 Å². The van der Waals surface area contributed by atoms with E-state index in [0.29, 0.717) is 0 Å². The molecular formula is C97H70N2. The van der Waals surface area contributed by atoms with Gasteiger partial charge in [-0.25, -0.2) is 0 Å². The lowest BCUT2D eigenvalue weighted by atomic mass is 9.81. The van der Waals surface area contributed by atoms with Gasteiger partial charge in [0, 0.05) is 39.5 Å². The lowest BCUT2D eigenvalue weighted by Crippen LogP contribution is -2.14. The highest BCUT2D eigenvalue weighted by atomic mass is 15.1. The number of hydrogen-bond acceptors (Lipinski definition) is 2. The van der Waals surface area contributed by atoms with E-state index in [2.05, 4.69) is 412 Å². The molecule has 1 aliphatic rings. The molecule has 2 heteroatoms. The Morgan fingerprint density at radius 2 is 0.465 bits per heavy atom. The summed E-state index contributed by atoms with van der Waals surface area (Å²) in [6.07, 6.45) is 0. The summed E-state index contributed by atoms with van der Waals surface area (Å²) < 4.78 is 0. The molecule has 0 N–H and O–H groups in total. The second kappa shape index (κ2) is 25.8. The van der Waals surface area contributed by atoms with Crippen LogP contribution in [0.4, 0.5) is 34.1 Å². The maximum Gasteiger partial charge on any atom is 0.0468 e. The van der Waals surface area contributed by atoms with Crippen molar-refractivity contribution >= 4 is 44.9 Å². The van der Waals surface area contributed by atoms with E-state index < -0.39 is 0 Å². The van der Waals surface area contributed by atoms with E-state index >= 15 is 0 Å². The number of anilines is 6. The SMILES string of the molecule is CC1(C)c2ccccc2-c2ccc(-c3ccc(N(c4ccc(-c5ccccc5)cc4)c4ccc(-c5cccc(-c6cccc7c(-c8ccc(N(c9ccc(-c%10ccccc%10)cc9)c9ccc(-c%10ccccc%10)cc9)cc8-c8ccccc8)cccc67)c5)cc4)cc3-c3ccccc3)cc21. The Morgan fingerprint density at radius 3 is 0.949 bits per heavy atom. The summed E-state index contributed by atoms with van der Waals surface area (Å²) in [5, 5.41) is 2.40. The summed E-state index contributed by atoms with van der Waals surface area (Å²) in [5.41, 5.74) is 32.9. The molecule has 0 spiro atoms. The predicted octanol–water partition coefficient (Wildman–Crippen LogP) is 27.1. The van der Waals surface area contributed by atoms with Crippen molar-refractivity contribution in [3.63, 3.8) is 0 Å². The molecule has 16 aromatic carbocycles. The number of rotatable bonds is 15. The molecule has 0 fully saturated rings. The van der Waals surface area contributed by atoms with Crippen LogP contribution in [-0.4, -0.2) is 0 Å². The highest BCUT2D eigenvalue weighted by Gasteiger charge is 2.35. The Kier molecular flexibility index (Phi) is 15.7. The van der Waals surface area contributed by atoms with E-state index in [-0.39, 0.29) is 5.41 Å². The number of hydrogen-bond donors (Lipinski definition) is 0. The third kappa shape index (κ3) is 11.5. The summed E-state index contributed by atoms with van der Waals surface area (Å²) in [6.45, 7) is 4.73. The number of nitrogens with zero attached hydrogens (tertiary/aromatic N) is 2. The first kappa shape index (κ1) is 60.1. The van der Waals surface area contributed by atoms with Crippen molar-refractivity contribution < 1.29 is 0 Å². The monoisotopic (exact) mass is 1260 g/mol. The summed E-state index contributed by atoms with van der Waals surface area (Å²) in [5.74, 6) is 0. The van der Waals surface area contributed by atoms with E-state index in [0.717, 1.165) is 61.9 Å². The van der Waals surface area contributed by atoms with Crippen LogP contribution in [0.3, 0.4) is 0 Å². The van der Waals surface area contributed by atoms with Crippen molar-refractivity contribution in [3.8, 4) is 111 Å². The van der Waals surface area contributed by atoms with E-state index in [1.165, 1.54) is 105 Å². The molecule has 99 heavy (non-hydrogen) atoms. The minimum atomic E-state index is -0.115. The minimum Gasteiger partial charge on any atom is -0.310 e. The first-order valence-electron chi connectivity index (χ1n) is 34.3. The lowest BCUT2D eigenvalue weighted by molar-refractivity contribution is 0.660. The zero-order valence-corrected chi connectivity index (χ0v) is 55.3. The largest absolute Gasteiger partial charge is 0.310 e. The maximum atomic E-state index is 2.44. The first-order chi connectivity index (χ1) is 48.8. The van der Waals surface area contributed by atoms with E-state index in [9.17, 15) is 0 Å². The van der Waals surface area contributed by atoms with Crippen molar-refractivity contribution in [2.45, 2.75) is 19.3 Å². The van der Waals surface area contributed by atoms with Crippen LogP contribution in [0.2, 0.25) is 0 Å². The van der Waals surface area contributed by atoms with Gasteiger partial charge in [-0.1, -0.05) is 317 Å². The Labute approximate surface area is 581 Å². The molecule has 468 valence electrons. The fraction of sp³-hybridized carbons (Fsp3) is 0.0309. The van der Waals surface area contributed by atoms with E-state index in [1.807, 2.05) is 0 Å². The van der Waals surface area contributed by atoms with E-state index in [4.69, 9.17) is 0 Å². The van der Waals surface area contributed by atoms with Crippen LogP contribution in [-0.2, 0) is 5.41 Å². The third-order valence-corrected chi connectivity index (χ3v) is 20.1. The molecular weight excluding hydrogens is 1190 g/mol. The van der Waals surface area contributed by atoms with Gasteiger partial charge in [0.25, 0.3) is 0 Å². The second-order valence-electron chi connectivity index (χ2n) is 26.4. The van der Waals surface area contributed by atoms with Gasteiger partial charge in [0.15, 0.2) is 0 Å². The predicted molar refractivity (Wildman–Crippen MR) is 420 cm³/mol. The molecule has 0 saturated heterocycles. The van der Waals surface area contributed by atoms with Crippen LogP contribution in [0.15, 0.2) is 388 Å². The van der Waals surface area contributed by atoms with Crippen molar-refractivity contribution in [3.05, 3.63) is 399 Å². The van der Waals surface area contributed by atoms with Crippen molar-refractivity contribution in [2.75, 3.05) is 9.80 Å².